The minimum Gasteiger partial charge on any atom is -0.468 e. The number of rotatable bonds is 11. The van der Waals surface area contributed by atoms with Crippen molar-refractivity contribution in [2.24, 2.45) is 5.73 Å². The smallest absolute Gasteiger partial charge is 0.468 e. The van der Waals surface area contributed by atoms with Crippen molar-refractivity contribution in [3.63, 3.8) is 0 Å². The summed E-state index contributed by atoms with van der Waals surface area (Å²) in [6, 6.07) is 12.5. The van der Waals surface area contributed by atoms with Gasteiger partial charge < -0.3 is 38.9 Å². The largest absolute Gasteiger partial charge is 0.514 e. The number of hydrogen-bond acceptors (Lipinski definition) is 12. The number of carbonyl (C=O) groups excluding carboxylic acids is 4. The number of ether oxygens (including phenoxy) is 7. The topological polar surface area (TPSA) is 159 Å². The first-order valence-electron chi connectivity index (χ1n) is 12.5. The minimum absolute atomic E-state index is 0.129. The molecule has 1 unspecified atom stereocenters. The van der Waals surface area contributed by atoms with E-state index in [1.165, 1.54) is 25.3 Å². The van der Waals surface area contributed by atoms with E-state index in [4.69, 9.17) is 38.9 Å². The van der Waals surface area contributed by atoms with Gasteiger partial charge in [-0.2, -0.15) is 0 Å². The zero-order valence-corrected chi connectivity index (χ0v) is 23.3. The van der Waals surface area contributed by atoms with Gasteiger partial charge in [-0.05, 0) is 64.4 Å². The lowest BCUT2D eigenvalue weighted by Crippen LogP contribution is -2.53. The molecule has 0 aliphatic carbocycles. The fourth-order valence-corrected chi connectivity index (χ4v) is 3.56. The molecule has 0 heterocycles. The monoisotopic (exact) mass is 561 g/mol. The summed E-state index contributed by atoms with van der Waals surface area (Å²) < 4.78 is 35.8. The molecular formula is C28H35NO11. The van der Waals surface area contributed by atoms with Crippen molar-refractivity contribution in [1.82, 2.24) is 0 Å². The molecule has 12 heteroatoms. The highest BCUT2D eigenvalue weighted by Gasteiger charge is 2.38. The van der Waals surface area contributed by atoms with Crippen LogP contribution in [0.3, 0.4) is 0 Å². The van der Waals surface area contributed by atoms with Gasteiger partial charge in [-0.3, -0.25) is 4.79 Å². The van der Waals surface area contributed by atoms with E-state index >= 15 is 0 Å². The predicted octanol–water partition coefficient (Wildman–Crippen LogP) is 4.94. The lowest BCUT2D eigenvalue weighted by Gasteiger charge is -2.29. The van der Waals surface area contributed by atoms with Gasteiger partial charge in [-0.1, -0.05) is 24.3 Å². The van der Waals surface area contributed by atoms with Gasteiger partial charge in [0.05, 0.1) is 19.3 Å². The van der Waals surface area contributed by atoms with Crippen LogP contribution in [0.25, 0.3) is 0 Å². The molecule has 0 fully saturated rings. The van der Waals surface area contributed by atoms with E-state index in [1.54, 1.807) is 65.0 Å². The predicted molar refractivity (Wildman–Crippen MR) is 141 cm³/mol. The normalized spacial score (nSPS) is 13.0. The molecule has 218 valence electrons. The van der Waals surface area contributed by atoms with Crippen LogP contribution in [0, 0.1) is 0 Å². The molecule has 0 aromatic heterocycles. The van der Waals surface area contributed by atoms with E-state index in [0.717, 1.165) is 0 Å². The van der Waals surface area contributed by atoms with Crippen LogP contribution >= 0.6 is 0 Å². The number of carbonyl (C=O) groups is 4. The standard InChI is InChI=1S/C28H35NO11/c1-17(2)35-25(31)39-22-13-12-20(14-23(22)40-26(32)36-18(3)4)16-28(29,24(30)34-6)15-19(5)37-27(33)38-21-10-8-7-9-11-21/h7-14,17-19H,15-16,29H2,1-6H3/t19?,28-/m1/s1. The van der Waals surface area contributed by atoms with Gasteiger partial charge in [0.15, 0.2) is 11.5 Å². The SMILES string of the molecule is COC(=O)[C@](N)(Cc1ccc(OC(=O)OC(C)C)c(OC(=O)OC(C)C)c1)CC(C)OC(=O)Oc1ccccc1. The average Bonchev–Trinajstić information content (AvgIpc) is 2.84. The second kappa shape index (κ2) is 14.7. The van der Waals surface area contributed by atoms with Gasteiger partial charge >= 0.3 is 24.4 Å². The Hall–Kier alpha value is -4.32. The third-order valence-corrected chi connectivity index (χ3v) is 5.06. The van der Waals surface area contributed by atoms with E-state index in [1.807, 2.05) is 0 Å². The summed E-state index contributed by atoms with van der Waals surface area (Å²) in [4.78, 5) is 49.2. The van der Waals surface area contributed by atoms with Crippen molar-refractivity contribution in [2.45, 2.75) is 71.3 Å². The van der Waals surface area contributed by atoms with Gasteiger partial charge in [0, 0.05) is 12.8 Å². The Morgan fingerprint density at radius 1 is 0.750 bits per heavy atom. The molecule has 40 heavy (non-hydrogen) atoms. The number of nitrogens with two attached hydrogens (primary N) is 1. The van der Waals surface area contributed by atoms with E-state index in [-0.39, 0.29) is 30.1 Å². The Bertz CT molecular complexity index is 1170. The third kappa shape index (κ3) is 10.4. The third-order valence-electron chi connectivity index (χ3n) is 5.06. The maximum absolute atomic E-state index is 12.7. The van der Waals surface area contributed by atoms with Gasteiger partial charge in [0.1, 0.15) is 17.4 Å². The van der Waals surface area contributed by atoms with Crippen molar-refractivity contribution < 1.29 is 52.3 Å². The maximum atomic E-state index is 12.7. The van der Waals surface area contributed by atoms with Crippen LogP contribution in [0.1, 0.15) is 46.6 Å². The van der Waals surface area contributed by atoms with Gasteiger partial charge in [0.25, 0.3) is 0 Å². The van der Waals surface area contributed by atoms with Crippen LogP contribution < -0.4 is 19.9 Å². The summed E-state index contributed by atoms with van der Waals surface area (Å²) in [5.74, 6) is -0.792. The molecule has 2 atom stereocenters. The molecule has 0 radical (unpaired) electrons. The van der Waals surface area contributed by atoms with Gasteiger partial charge in [-0.15, -0.1) is 0 Å². The molecule has 0 aliphatic rings. The van der Waals surface area contributed by atoms with Crippen LogP contribution in [0.2, 0.25) is 0 Å². The fraction of sp³-hybridized carbons (Fsp3) is 0.429. The fourth-order valence-electron chi connectivity index (χ4n) is 3.56. The van der Waals surface area contributed by atoms with E-state index in [9.17, 15) is 19.2 Å². The summed E-state index contributed by atoms with van der Waals surface area (Å²) in [5.41, 5.74) is 5.20. The number of benzene rings is 2. The molecule has 2 N–H and O–H groups in total. The number of esters is 1. The Kier molecular flexibility index (Phi) is 11.7. The van der Waals surface area contributed by atoms with Gasteiger partial charge in [-0.25, -0.2) is 14.4 Å². The Balaban J connectivity index is 2.25. The number of para-hydroxylation sites is 1. The Labute approximate surface area is 232 Å². The molecule has 0 saturated carbocycles. The zero-order chi connectivity index (χ0) is 29.9. The summed E-state index contributed by atoms with van der Waals surface area (Å²) in [6.07, 6.45) is -5.08. The van der Waals surface area contributed by atoms with Crippen molar-refractivity contribution in [1.29, 1.82) is 0 Å². The number of methoxy groups -OCH3 is 1. The first-order valence-corrected chi connectivity index (χ1v) is 12.5. The second-order valence-electron chi connectivity index (χ2n) is 9.44. The number of hydrogen-bond donors (Lipinski definition) is 1. The molecule has 2 rings (SSSR count). The highest BCUT2D eigenvalue weighted by molar-refractivity contribution is 5.81. The van der Waals surface area contributed by atoms with Crippen LogP contribution in [0.5, 0.6) is 17.2 Å². The molecule has 2 aromatic carbocycles. The first kappa shape index (κ1) is 31.9. The average molecular weight is 562 g/mol. The van der Waals surface area contributed by atoms with Crippen molar-refractivity contribution in [3.05, 3.63) is 54.1 Å². The van der Waals surface area contributed by atoms with Crippen LogP contribution in [0.15, 0.2) is 48.5 Å². The lowest BCUT2D eigenvalue weighted by atomic mass is 9.86. The molecule has 0 aliphatic heterocycles. The summed E-state index contributed by atoms with van der Waals surface area (Å²) in [6.45, 7) is 8.09. The van der Waals surface area contributed by atoms with E-state index in [0.29, 0.717) is 5.56 Å². The van der Waals surface area contributed by atoms with E-state index in [2.05, 4.69) is 0 Å². The zero-order valence-electron chi connectivity index (χ0n) is 23.3. The Morgan fingerprint density at radius 2 is 1.30 bits per heavy atom. The summed E-state index contributed by atoms with van der Waals surface area (Å²) in [5, 5.41) is 0. The van der Waals surface area contributed by atoms with Crippen LogP contribution in [-0.4, -0.2) is 55.4 Å². The van der Waals surface area contributed by atoms with Crippen molar-refractivity contribution in [3.8, 4) is 17.2 Å². The van der Waals surface area contributed by atoms with Crippen LogP contribution in [0.4, 0.5) is 14.4 Å². The van der Waals surface area contributed by atoms with Crippen LogP contribution in [-0.2, 0) is 30.2 Å². The molecule has 12 nitrogen and oxygen atoms in total. The lowest BCUT2D eigenvalue weighted by molar-refractivity contribution is -0.148. The molecule has 2 aromatic rings. The maximum Gasteiger partial charge on any atom is 0.514 e. The second-order valence-corrected chi connectivity index (χ2v) is 9.44. The quantitative estimate of drug-likeness (QED) is 0.224. The minimum atomic E-state index is -1.67. The summed E-state index contributed by atoms with van der Waals surface area (Å²) in [7, 11) is 1.17. The highest BCUT2D eigenvalue weighted by Crippen LogP contribution is 2.32. The highest BCUT2D eigenvalue weighted by atomic mass is 16.8. The van der Waals surface area contributed by atoms with Crippen molar-refractivity contribution in [2.75, 3.05) is 7.11 Å². The molecule has 0 spiro atoms. The first-order chi connectivity index (χ1) is 18.8. The molecular weight excluding hydrogens is 526 g/mol. The van der Waals surface area contributed by atoms with Crippen molar-refractivity contribution >= 4 is 24.4 Å². The summed E-state index contributed by atoms with van der Waals surface area (Å²) >= 11 is 0. The molecule has 0 saturated heterocycles. The molecule has 0 bridgehead atoms. The Morgan fingerprint density at radius 3 is 1.85 bits per heavy atom. The van der Waals surface area contributed by atoms with E-state index < -0.39 is 48.3 Å². The molecule has 0 amide bonds. The van der Waals surface area contributed by atoms with Gasteiger partial charge in [0.2, 0.25) is 0 Å².